The van der Waals surface area contributed by atoms with Crippen LogP contribution in [0.1, 0.15) is 71.1 Å². The van der Waals surface area contributed by atoms with Gasteiger partial charge in [-0.15, -0.1) is 0 Å². The molecule has 4 atom stereocenters. The van der Waals surface area contributed by atoms with Crippen molar-refractivity contribution in [3.05, 3.63) is 12.2 Å². The molecule has 4 unspecified atom stereocenters. The van der Waals surface area contributed by atoms with Crippen LogP contribution in [-0.4, -0.2) is 57.6 Å². The number of carbonyl (C=O) groups excluding carboxylic acids is 2. The predicted octanol–water partition coefficient (Wildman–Crippen LogP) is 2.11. The van der Waals surface area contributed by atoms with Gasteiger partial charge in [-0.25, -0.2) is 4.79 Å². The van der Waals surface area contributed by atoms with E-state index in [1.807, 2.05) is 0 Å². The summed E-state index contributed by atoms with van der Waals surface area (Å²) >= 11 is 0. The van der Waals surface area contributed by atoms with Gasteiger partial charge in [-0.3, -0.25) is 9.59 Å². The van der Waals surface area contributed by atoms with Crippen molar-refractivity contribution in [2.75, 3.05) is 0 Å². The Morgan fingerprint density at radius 3 is 2.32 bits per heavy atom. The largest absolute Gasteiger partial charge is 0.481 e. The zero-order chi connectivity index (χ0) is 20.9. The maximum Gasteiger partial charge on any atom is 0.330 e. The van der Waals surface area contributed by atoms with E-state index in [2.05, 4.69) is 0 Å². The number of hydrogen-bond donors (Lipinski definition) is 3. The Bertz CT molecular complexity index is 530. The molecule has 0 aliphatic carbocycles. The Kier molecular flexibility index (Phi) is 11.4. The van der Waals surface area contributed by atoms with Gasteiger partial charge in [0.05, 0.1) is 18.9 Å². The number of aliphatic carboxylic acids is 1. The van der Waals surface area contributed by atoms with Crippen molar-refractivity contribution >= 4 is 17.9 Å². The molecule has 0 bridgehead atoms. The van der Waals surface area contributed by atoms with Crippen molar-refractivity contribution < 1.29 is 39.2 Å². The van der Waals surface area contributed by atoms with Crippen LogP contribution < -0.4 is 0 Å². The van der Waals surface area contributed by atoms with E-state index < -0.39 is 42.3 Å². The lowest BCUT2D eigenvalue weighted by Gasteiger charge is -2.22. The van der Waals surface area contributed by atoms with Gasteiger partial charge in [-0.05, 0) is 32.3 Å². The normalized spacial score (nSPS) is 28.3. The first kappa shape index (κ1) is 24.1. The Labute approximate surface area is 165 Å². The fourth-order valence-corrected chi connectivity index (χ4v) is 2.98. The van der Waals surface area contributed by atoms with Gasteiger partial charge in [0, 0.05) is 6.08 Å². The molecule has 3 N–H and O–H groups in total. The summed E-state index contributed by atoms with van der Waals surface area (Å²) in [7, 11) is 0. The number of hydrogen-bond acceptors (Lipinski definition) is 7. The van der Waals surface area contributed by atoms with Crippen LogP contribution in [0, 0.1) is 0 Å². The van der Waals surface area contributed by atoms with Gasteiger partial charge in [-0.2, -0.15) is 0 Å². The van der Waals surface area contributed by atoms with Crippen LogP contribution in [0.3, 0.4) is 0 Å². The molecule has 8 nitrogen and oxygen atoms in total. The van der Waals surface area contributed by atoms with Crippen molar-refractivity contribution in [2.45, 2.75) is 95.5 Å². The van der Waals surface area contributed by atoms with E-state index in [1.165, 1.54) is 6.08 Å². The Morgan fingerprint density at radius 2 is 1.68 bits per heavy atom. The molecule has 1 heterocycles. The molecule has 0 amide bonds. The molecule has 0 aromatic heterocycles. The number of carbonyl (C=O) groups is 3. The van der Waals surface area contributed by atoms with Gasteiger partial charge >= 0.3 is 17.9 Å². The Balaban J connectivity index is 2.74. The molecule has 0 aromatic rings. The molecule has 0 aromatic carbocycles. The molecular formula is C20H32O8. The summed E-state index contributed by atoms with van der Waals surface area (Å²) in [4.78, 5) is 34.3. The van der Waals surface area contributed by atoms with Crippen LogP contribution >= 0.6 is 0 Å². The maximum absolute atomic E-state index is 11.9. The highest BCUT2D eigenvalue weighted by molar-refractivity contribution is 5.82. The summed E-state index contributed by atoms with van der Waals surface area (Å²) in [5.74, 6) is -2.50. The van der Waals surface area contributed by atoms with Gasteiger partial charge < -0.3 is 24.8 Å². The van der Waals surface area contributed by atoms with Gasteiger partial charge in [0.2, 0.25) is 0 Å². The van der Waals surface area contributed by atoms with Crippen molar-refractivity contribution in [1.29, 1.82) is 0 Å². The fraction of sp³-hybridized carbons (Fsp3) is 0.750. The average molecular weight is 400 g/mol. The second-order valence-electron chi connectivity index (χ2n) is 7.18. The minimum Gasteiger partial charge on any atom is -0.481 e. The average Bonchev–Trinajstić information content (AvgIpc) is 2.64. The van der Waals surface area contributed by atoms with Crippen LogP contribution in [0.25, 0.3) is 0 Å². The molecule has 0 radical (unpaired) electrons. The summed E-state index contributed by atoms with van der Waals surface area (Å²) in [5.41, 5.74) is 0. The van der Waals surface area contributed by atoms with E-state index in [0.29, 0.717) is 12.8 Å². The highest BCUT2D eigenvalue weighted by Crippen LogP contribution is 2.17. The van der Waals surface area contributed by atoms with E-state index in [0.717, 1.165) is 44.6 Å². The molecule has 1 aliphatic rings. The lowest BCUT2D eigenvalue weighted by atomic mass is 10.0. The lowest BCUT2D eigenvalue weighted by molar-refractivity contribution is -0.156. The van der Waals surface area contributed by atoms with Crippen molar-refractivity contribution in [1.82, 2.24) is 0 Å². The van der Waals surface area contributed by atoms with E-state index in [1.54, 1.807) is 6.92 Å². The third-order valence-corrected chi connectivity index (χ3v) is 4.72. The van der Waals surface area contributed by atoms with E-state index in [4.69, 9.17) is 14.6 Å². The van der Waals surface area contributed by atoms with Crippen molar-refractivity contribution in [2.24, 2.45) is 0 Å². The molecule has 160 valence electrons. The minimum atomic E-state index is -1.21. The van der Waals surface area contributed by atoms with Gasteiger partial charge in [0.25, 0.3) is 0 Å². The molecule has 1 aliphatic heterocycles. The molecule has 0 fully saturated rings. The van der Waals surface area contributed by atoms with Crippen molar-refractivity contribution in [3.8, 4) is 0 Å². The number of carboxylic acids is 1. The highest BCUT2D eigenvalue weighted by Gasteiger charge is 2.23. The number of aliphatic hydroxyl groups excluding tert-OH is 2. The van der Waals surface area contributed by atoms with Crippen LogP contribution in [0.2, 0.25) is 0 Å². The van der Waals surface area contributed by atoms with Crippen LogP contribution in [-0.2, 0) is 23.9 Å². The molecule has 8 heteroatoms. The summed E-state index contributed by atoms with van der Waals surface area (Å²) in [6.07, 6.45) is 4.58. The third-order valence-electron chi connectivity index (χ3n) is 4.72. The van der Waals surface area contributed by atoms with Gasteiger partial charge in [0.15, 0.2) is 0 Å². The Morgan fingerprint density at radius 1 is 1.07 bits per heavy atom. The monoisotopic (exact) mass is 400 g/mol. The fourth-order valence-electron chi connectivity index (χ4n) is 2.98. The molecule has 0 saturated carbocycles. The third kappa shape index (κ3) is 10.4. The SMILES string of the molecule is CC1OC(=O)C=CC(O)C(OC(=O)CCC(=O)O)CCCCCCCCC1O. The summed E-state index contributed by atoms with van der Waals surface area (Å²) < 4.78 is 10.4. The zero-order valence-electron chi connectivity index (χ0n) is 16.4. The summed E-state index contributed by atoms with van der Waals surface area (Å²) in [5, 5.41) is 29.0. The topological polar surface area (TPSA) is 130 Å². The molecular weight excluding hydrogens is 368 g/mol. The predicted molar refractivity (Wildman–Crippen MR) is 100 cm³/mol. The Hall–Kier alpha value is -1.93. The maximum atomic E-state index is 11.9. The first-order valence-corrected chi connectivity index (χ1v) is 9.95. The van der Waals surface area contributed by atoms with E-state index in [9.17, 15) is 24.6 Å². The number of esters is 2. The zero-order valence-corrected chi connectivity index (χ0v) is 16.4. The number of ether oxygens (including phenoxy) is 2. The number of cyclic esters (lactones) is 1. The smallest absolute Gasteiger partial charge is 0.330 e. The quantitative estimate of drug-likeness (QED) is 0.612. The van der Waals surface area contributed by atoms with Crippen molar-refractivity contribution in [3.63, 3.8) is 0 Å². The van der Waals surface area contributed by atoms with Crippen LogP contribution in [0.15, 0.2) is 12.2 Å². The first-order valence-electron chi connectivity index (χ1n) is 9.95. The van der Waals surface area contributed by atoms with Gasteiger partial charge in [-0.1, -0.05) is 32.1 Å². The highest BCUT2D eigenvalue weighted by atomic mass is 16.6. The standard InChI is InChI=1S/C20H32O8/c1-14-15(21)8-6-4-2-3-5-7-9-17(16(22)10-12-19(25)27-14)28-20(26)13-11-18(23)24/h10,12,14-17,21-22H,2-9,11,13H2,1H3,(H,23,24). The molecule has 1 rings (SSSR count). The second kappa shape index (κ2) is 13.3. The molecule has 0 saturated heterocycles. The van der Waals surface area contributed by atoms with E-state index >= 15 is 0 Å². The number of aliphatic hydroxyl groups is 2. The summed E-state index contributed by atoms with van der Waals surface area (Å²) in [6.45, 7) is 1.61. The van der Waals surface area contributed by atoms with Crippen LogP contribution in [0.5, 0.6) is 0 Å². The summed E-state index contributed by atoms with van der Waals surface area (Å²) in [6, 6.07) is 0. The first-order chi connectivity index (χ1) is 13.3. The lowest BCUT2D eigenvalue weighted by Crippen LogP contribution is -2.31. The second-order valence-corrected chi connectivity index (χ2v) is 7.18. The molecule has 0 spiro atoms. The number of carboxylic acid groups (broad SMARTS) is 1. The van der Waals surface area contributed by atoms with Crippen LogP contribution in [0.4, 0.5) is 0 Å². The number of rotatable bonds is 4. The van der Waals surface area contributed by atoms with Gasteiger partial charge in [0.1, 0.15) is 18.3 Å². The minimum absolute atomic E-state index is 0.278. The molecule has 28 heavy (non-hydrogen) atoms. The van der Waals surface area contributed by atoms with E-state index in [-0.39, 0.29) is 12.8 Å².